The van der Waals surface area contributed by atoms with Crippen LogP contribution in [-0.4, -0.2) is 46.8 Å². The average Bonchev–Trinajstić information content (AvgIpc) is 2.92. The fraction of sp³-hybridized carbons (Fsp3) is 0.471. The van der Waals surface area contributed by atoms with Gasteiger partial charge in [-0.1, -0.05) is 29.8 Å². The lowest BCUT2D eigenvalue weighted by atomic mass is 10.1. The fourth-order valence-corrected chi connectivity index (χ4v) is 2.77. The maximum atomic E-state index is 12.5. The number of aryl methyl sites for hydroxylation is 1. The third-order valence-corrected chi connectivity index (χ3v) is 4.03. The van der Waals surface area contributed by atoms with Crippen LogP contribution >= 0.6 is 0 Å². The van der Waals surface area contributed by atoms with Crippen LogP contribution in [0, 0.1) is 12.8 Å². The largest absolute Gasteiger partial charge is 0.396 e. The van der Waals surface area contributed by atoms with Gasteiger partial charge in [-0.3, -0.25) is 4.79 Å². The Morgan fingerprint density at radius 1 is 1.29 bits per heavy atom. The van der Waals surface area contributed by atoms with E-state index >= 15 is 0 Å². The van der Waals surface area contributed by atoms with Crippen molar-refractivity contribution in [1.82, 2.24) is 4.90 Å². The molecular weight excluding hydrogens is 266 g/mol. The van der Waals surface area contributed by atoms with Gasteiger partial charge in [0.2, 0.25) is 5.91 Å². The van der Waals surface area contributed by atoms with Gasteiger partial charge < -0.3 is 15.1 Å². The Balaban J connectivity index is 2.13. The molecule has 21 heavy (non-hydrogen) atoms. The van der Waals surface area contributed by atoms with Gasteiger partial charge in [0.25, 0.3) is 0 Å². The monoisotopic (exact) mass is 289 g/mol. The maximum Gasteiger partial charge on any atom is 0.249 e. The fourth-order valence-electron chi connectivity index (χ4n) is 2.77. The molecule has 114 valence electrons. The minimum Gasteiger partial charge on any atom is -0.396 e. The van der Waals surface area contributed by atoms with Crippen LogP contribution in [0.5, 0.6) is 0 Å². The van der Waals surface area contributed by atoms with Crippen molar-refractivity contribution in [2.75, 3.05) is 19.8 Å². The molecule has 1 heterocycles. The molecule has 1 amide bonds. The second kappa shape index (κ2) is 6.87. The predicted molar refractivity (Wildman–Crippen MR) is 82.6 cm³/mol. The second-order valence-corrected chi connectivity index (χ2v) is 5.82. The molecule has 4 heteroatoms. The van der Waals surface area contributed by atoms with E-state index < -0.39 is 0 Å². The lowest BCUT2D eigenvalue weighted by molar-refractivity contribution is -0.128. The quantitative estimate of drug-likeness (QED) is 0.828. The van der Waals surface area contributed by atoms with Gasteiger partial charge in [0.05, 0.1) is 12.6 Å². The van der Waals surface area contributed by atoms with Crippen molar-refractivity contribution >= 4 is 12.0 Å². The van der Waals surface area contributed by atoms with Gasteiger partial charge >= 0.3 is 0 Å². The number of aliphatic hydroxyl groups excluding tert-OH is 2. The highest BCUT2D eigenvalue weighted by Gasteiger charge is 2.34. The second-order valence-electron chi connectivity index (χ2n) is 5.82. The van der Waals surface area contributed by atoms with Crippen molar-refractivity contribution in [2.45, 2.75) is 26.3 Å². The zero-order valence-electron chi connectivity index (χ0n) is 12.6. The molecule has 1 aliphatic rings. The summed E-state index contributed by atoms with van der Waals surface area (Å²) < 4.78 is 0. The van der Waals surface area contributed by atoms with Crippen LogP contribution in [0.2, 0.25) is 0 Å². The number of carbonyl (C=O) groups is 1. The summed E-state index contributed by atoms with van der Waals surface area (Å²) in [6, 6.07) is 7.80. The minimum atomic E-state index is -0.184. The first-order valence-electron chi connectivity index (χ1n) is 7.32. The SMILES string of the molecule is C/C(=C\c1ccc(C)cc1)C(=O)N1CC(CO)CC1CO. The molecule has 1 aliphatic heterocycles. The Labute approximate surface area is 125 Å². The lowest BCUT2D eigenvalue weighted by Gasteiger charge is -2.23. The Morgan fingerprint density at radius 3 is 2.52 bits per heavy atom. The van der Waals surface area contributed by atoms with E-state index in [0.717, 1.165) is 5.56 Å². The van der Waals surface area contributed by atoms with E-state index in [2.05, 4.69) is 0 Å². The van der Waals surface area contributed by atoms with Gasteiger partial charge in [-0.2, -0.15) is 0 Å². The van der Waals surface area contributed by atoms with Gasteiger partial charge in [0.15, 0.2) is 0 Å². The third-order valence-electron chi connectivity index (χ3n) is 4.03. The summed E-state index contributed by atoms with van der Waals surface area (Å²) in [6.07, 6.45) is 2.53. The molecule has 0 radical (unpaired) electrons. The highest BCUT2D eigenvalue weighted by molar-refractivity contribution is 5.97. The standard InChI is InChI=1S/C17H23NO3/c1-12-3-5-14(6-4-12)7-13(2)17(21)18-9-15(10-19)8-16(18)11-20/h3-7,15-16,19-20H,8-11H2,1-2H3/b13-7+. The van der Waals surface area contributed by atoms with E-state index in [1.165, 1.54) is 5.56 Å². The third kappa shape index (κ3) is 3.71. The Bertz CT molecular complexity index is 521. The molecule has 1 saturated heterocycles. The van der Waals surface area contributed by atoms with Crippen LogP contribution in [0.25, 0.3) is 6.08 Å². The molecule has 0 aromatic heterocycles. The number of nitrogens with zero attached hydrogens (tertiary/aromatic N) is 1. The Morgan fingerprint density at radius 2 is 1.95 bits per heavy atom. The zero-order chi connectivity index (χ0) is 15.4. The van der Waals surface area contributed by atoms with Gasteiger partial charge in [0, 0.05) is 24.6 Å². The smallest absolute Gasteiger partial charge is 0.249 e. The first kappa shape index (κ1) is 15.7. The summed E-state index contributed by atoms with van der Waals surface area (Å²) in [4.78, 5) is 14.2. The van der Waals surface area contributed by atoms with Crippen molar-refractivity contribution in [1.29, 1.82) is 0 Å². The minimum absolute atomic E-state index is 0.0555. The lowest BCUT2D eigenvalue weighted by Crippen LogP contribution is -2.38. The Kier molecular flexibility index (Phi) is 5.15. The van der Waals surface area contributed by atoms with Gasteiger partial charge in [-0.15, -0.1) is 0 Å². The van der Waals surface area contributed by atoms with Crippen molar-refractivity contribution in [3.05, 3.63) is 41.0 Å². The number of benzene rings is 1. The Hall–Kier alpha value is -1.65. The summed E-state index contributed by atoms with van der Waals surface area (Å²) in [5.41, 5.74) is 2.82. The van der Waals surface area contributed by atoms with E-state index in [-0.39, 0.29) is 31.1 Å². The molecule has 1 aromatic rings. The number of rotatable bonds is 4. The summed E-state index contributed by atoms with van der Waals surface area (Å²) in [5, 5.41) is 18.7. The first-order valence-corrected chi connectivity index (χ1v) is 7.32. The van der Waals surface area contributed by atoms with Crippen LogP contribution in [0.3, 0.4) is 0 Å². The molecule has 0 aliphatic carbocycles. The van der Waals surface area contributed by atoms with Crippen molar-refractivity contribution in [3.63, 3.8) is 0 Å². The number of amides is 1. The van der Waals surface area contributed by atoms with Gasteiger partial charge in [-0.05, 0) is 31.9 Å². The predicted octanol–water partition coefficient (Wildman–Crippen LogP) is 1.60. The molecule has 2 N–H and O–H groups in total. The molecule has 1 aromatic carbocycles. The van der Waals surface area contributed by atoms with E-state index in [4.69, 9.17) is 0 Å². The first-order chi connectivity index (χ1) is 10.0. The number of likely N-dealkylation sites (tertiary alicyclic amines) is 1. The number of aliphatic hydroxyl groups is 2. The average molecular weight is 289 g/mol. The van der Waals surface area contributed by atoms with E-state index in [1.807, 2.05) is 37.3 Å². The summed E-state index contributed by atoms with van der Waals surface area (Å²) in [6.45, 7) is 4.33. The van der Waals surface area contributed by atoms with Crippen molar-refractivity contribution < 1.29 is 15.0 Å². The molecule has 2 rings (SSSR count). The van der Waals surface area contributed by atoms with Gasteiger partial charge in [-0.25, -0.2) is 0 Å². The highest BCUT2D eigenvalue weighted by atomic mass is 16.3. The maximum absolute atomic E-state index is 12.5. The zero-order valence-corrected chi connectivity index (χ0v) is 12.6. The normalized spacial score (nSPS) is 22.7. The van der Waals surface area contributed by atoms with Crippen LogP contribution in [0.15, 0.2) is 29.8 Å². The van der Waals surface area contributed by atoms with Crippen LogP contribution in [-0.2, 0) is 4.79 Å². The molecule has 0 spiro atoms. The van der Waals surface area contributed by atoms with E-state index in [9.17, 15) is 15.0 Å². The van der Waals surface area contributed by atoms with E-state index in [0.29, 0.717) is 18.5 Å². The summed E-state index contributed by atoms with van der Waals surface area (Å²) in [7, 11) is 0. The van der Waals surface area contributed by atoms with Crippen LogP contribution in [0.4, 0.5) is 0 Å². The molecule has 1 fully saturated rings. The molecule has 4 nitrogen and oxygen atoms in total. The number of hydrogen-bond donors (Lipinski definition) is 2. The van der Waals surface area contributed by atoms with Gasteiger partial charge in [0.1, 0.15) is 0 Å². The number of carbonyl (C=O) groups excluding carboxylic acids is 1. The number of hydrogen-bond acceptors (Lipinski definition) is 3. The highest BCUT2D eigenvalue weighted by Crippen LogP contribution is 2.24. The van der Waals surface area contributed by atoms with Crippen molar-refractivity contribution in [3.8, 4) is 0 Å². The molecular formula is C17H23NO3. The molecule has 2 unspecified atom stereocenters. The van der Waals surface area contributed by atoms with Crippen LogP contribution < -0.4 is 0 Å². The van der Waals surface area contributed by atoms with Crippen molar-refractivity contribution in [2.24, 2.45) is 5.92 Å². The molecule has 0 saturated carbocycles. The molecule has 2 atom stereocenters. The molecule has 0 bridgehead atoms. The van der Waals surface area contributed by atoms with Crippen LogP contribution in [0.1, 0.15) is 24.5 Å². The summed E-state index contributed by atoms with van der Waals surface area (Å²) in [5.74, 6) is 0.00356. The topological polar surface area (TPSA) is 60.8 Å². The van der Waals surface area contributed by atoms with E-state index in [1.54, 1.807) is 11.8 Å². The summed E-state index contributed by atoms with van der Waals surface area (Å²) >= 11 is 0.